The summed E-state index contributed by atoms with van der Waals surface area (Å²) >= 11 is 2.40. The number of unbranched alkanes of at least 4 members (excludes halogenated alkanes) is 15. The SMILES string of the molecule is CCCCCCCCCCCCCCCCCCOc1ccc(-c2ccccc2I)cc1.O=S(=O)(O)C(F)(F)F. The minimum atomic E-state index is -5.84. The molecule has 0 bridgehead atoms. The first-order valence-electron chi connectivity index (χ1n) is 14.6. The van der Waals surface area contributed by atoms with E-state index < -0.39 is 15.6 Å². The molecule has 0 saturated carbocycles. The van der Waals surface area contributed by atoms with Crippen molar-refractivity contribution in [2.24, 2.45) is 0 Å². The lowest BCUT2D eigenvalue weighted by Crippen LogP contribution is -2.21. The molecule has 1 N–H and O–H groups in total. The first-order valence-corrected chi connectivity index (χ1v) is 17.1. The van der Waals surface area contributed by atoms with Crippen molar-refractivity contribution in [3.8, 4) is 16.9 Å². The molecule has 0 spiro atoms. The molecule has 0 aliphatic rings. The summed E-state index contributed by atoms with van der Waals surface area (Å²) in [6.45, 7) is 3.13. The van der Waals surface area contributed by atoms with Gasteiger partial charge in [0.15, 0.2) is 0 Å². The monoisotopic (exact) mass is 698 g/mol. The molecule has 0 aliphatic carbocycles. The molecule has 0 heterocycles. The van der Waals surface area contributed by atoms with Crippen molar-refractivity contribution >= 4 is 32.7 Å². The van der Waals surface area contributed by atoms with Gasteiger partial charge in [0, 0.05) is 3.57 Å². The number of rotatable bonds is 19. The first kappa shape index (κ1) is 36.7. The fraction of sp³-hybridized carbons (Fsp3) is 0.613. The van der Waals surface area contributed by atoms with Gasteiger partial charge >= 0.3 is 15.6 Å². The van der Waals surface area contributed by atoms with Gasteiger partial charge in [0.2, 0.25) is 0 Å². The molecular weight excluding hydrogens is 652 g/mol. The van der Waals surface area contributed by atoms with E-state index in [2.05, 4.69) is 78.0 Å². The van der Waals surface area contributed by atoms with Crippen molar-refractivity contribution in [3.05, 3.63) is 52.1 Å². The third-order valence-electron chi connectivity index (χ3n) is 6.60. The summed E-state index contributed by atoms with van der Waals surface area (Å²) in [6, 6.07) is 17.0. The standard InChI is InChI=1S/C30H45IO.CHF3O3S/c1-2-3-4-5-6-7-8-9-10-11-12-13-14-15-16-19-26-32-28-24-22-27(23-25-28)29-20-17-18-21-30(29)31;2-1(3,4)8(5,6)7/h17-18,20-25H,2-16,19,26H2,1H3;(H,5,6,7). The molecule has 40 heavy (non-hydrogen) atoms. The molecule has 0 unspecified atom stereocenters. The Morgan fingerprint density at radius 3 is 1.50 bits per heavy atom. The summed E-state index contributed by atoms with van der Waals surface area (Å²) in [5, 5.41) is 0. The van der Waals surface area contributed by atoms with Gasteiger partial charge in [0.05, 0.1) is 6.61 Å². The Balaban J connectivity index is 0.000000869. The fourth-order valence-corrected chi connectivity index (χ4v) is 4.97. The van der Waals surface area contributed by atoms with Gasteiger partial charge in [-0.2, -0.15) is 21.6 Å². The Bertz CT molecular complexity index is 1010. The molecule has 0 fully saturated rings. The molecule has 2 aromatic rings. The van der Waals surface area contributed by atoms with Crippen molar-refractivity contribution < 1.29 is 30.9 Å². The lowest BCUT2D eigenvalue weighted by Gasteiger charge is -2.08. The highest BCUT2D eigenvalue weighted by molar-refractivity contribution is 14.1. The molecule has 2 rings (SSSR count). The number of hydrogen-bond donors (Lipinski definition) is 1. The maximum Gasteiger partial charge on any atom is 0.522 e. The van der Waals surface area contributed by atoms with Gasteiger partial charge in [-0.3, -0.25) is 4.55 Å². The summed E-state index contributed by atoms with van der Waals surface area (Å²) in [5.41, 5.74) is -2.99. The van der Waals surface area contributed by atoms with Crippen LogP contribution in [0.25, 0.3) is 11.1 Å². The van der Waals surface area contributed by atoms with E-state index in [4.69, 9.17) is 17.7 Å². The number of benzene rings is 2. The Hall–Kier alpha value is -1.33. The largest absolute Gasteiger partial charge is 0.522 e. The second-order valence-electron chi connectivity index (χ2n) is 10.1. The van der Waals surface area contributed by atoms with Crippen molar-refractivity contribution in [1.82, 2.24) is 0 Å². The highest BCUT2D eigenvalue weighted by atomic mass is 127. The Morgan fingerprint density at radius 1 is 0.700 bits per heavy atom. The number of alkyl halides is 3. The lowest BCUT2D eigenvalue weighted by molar-refractivity contribution is -0.0510. The quantitative estimate of drug-likeness (QED) is 0.0687. The average molecular weight is 699 g/mol. The van der Waals surface area contributed by atoms with Crippen LogP contribution in [-0.4, -0.2) is 25.1 Å². The molecule has 228 valence electrons. The van der Waals surface area contributed by atoms with Crippen LogP contribution >= 0.6 is 22.6 Å². The van der Waals surface area contributed by atoms with Crippen LogP contribution < -0.4 is 4.74 Å². The van der Waals surface area contributed by atoms with E-state index in [1.165, 1.54) is 111 Å². The van der Waals surface area contributed by atoms with E-state index in [9.17, 15) is 13.2 Å². The van der Waals surface area contributed by atoms with Crippen LogP contribution in [0, 0.1) is 3.57 Å². The number of ether oxygens (including phenoxy) is 1. The highest BCUT2D eigenvalue weighted by Crippen LogP contribution is 2.27. The van der Waals surface area contributed by atoms with E-state index >= 15 is 0 Å². The molecule has 0 atom stereocenters. The molecule has 0 radical (unpaired) electrons. The molecular formula is C31H46F3IO4S. The van der Waals surface area contributed by atoms with Crippen LogP contribution in [-0.2, 0) is 10.1 Å². The van der Waals surface area contributed by atoms with Crippen LogP contribution in [0.15, 0.2) is 48.5 Å². The second-order valence-corrected chi connectivity index (χ2v) is 12.7. The zero-order valence-electron chi connectivity index (χ0n) is 23.7. The van der Waals surface area contributed by atoms with Crippen molar-refractivity contribution in [3.63, 3.8) is 0 Å². The Kier molecular flexibility index (Phi) is 19.6. The van der Waals surface area contributed by atoms with Gasteiger partial charge in [0.25, 0.3) is 0 Å². The van der Waals surface area contributed by atoms with Crippen LogP contribution in [0.5, 0.6) is 5.75 Å². The Morgan fingerprint density at radius 2 is 1.10 bits per heavy atom. The van der Waals surface area contributed by atoms with E-state index in [1.807, 2.05) is 0 Å². The maximum atomic E-state index is 10.7. The fourth-order valence-electron chi connectivity index (χ4n) is 4.27. The Labute approximate surface area is 253 Å². The van der Waals surface area contributed by atoms with Gasteiger partial charge in [-0.15, -0.1) is 0 Å². The summed E-state index contributed by atoms with van der Waals surface area (Å²) in [6.07, 6.45) is 22.5. The molecule has 9 heteroatoms. The number of hydrogen-bond acceptors (Lipinski definition) is 3. The van der Waals surface area contributed by atoms with Crippen LogP contribution in [0.1, 0.15) is 110 Å². The number of halogens is 4. The van der Waals surface area contributed by atoms with E-state index in [0.717, 1.165) is 18.8 Å². The van der Waals surface area contributed by atoms with Crippen molar-refractivity contribution in [1.29, 1.82) is 0 Å². The van der Waals surface area contributed by atoms with Gasteiger partial charge in [0.1, 0.15) is 5.75 Å². The predicted octanol–water partition coefficient (Wildman–Crippen LogP) is 11.0. The molecule has 0 aromatic heterocycles. The molecule has 0 saturated heterocycles. The minimum Gasteiger partial charge on any atom is -0.494 e. The zero-order chi connectivity index (χ0) is 29.7. The van der Waals surface area contributed by atoms with Gasteiger partial charge in [-0.05, 0) is 58.3 Å². The molecule has 4 nitrogen and oxygen atoms in total. The second kappa shape index (κ2) is 21.4. The minimum absolute atomic E-state index is 0.834. The summed E-state index contributed by atoms with van der Waals surface area (Å²) in [4.78, 5) is 0. The van der Waals surface area contributed by atoms with E-state index in [-0.39, 0.29) is 0 Å². The van der Waals surface area contributed by atoms with E-state index in [1.54, 1.807) is 0 Å². The topological polar surface area (TPSA) is 63.6 Å². The predicted molar refractivity (Wildman–Crippen MR) is 167 cm³/mol. The smallest absolute Gasteiger partial charge is 0.494 e. The van der Waals surface area contributed by atoms with E-state index in [0.29, 0.717) is 0 Å². The maximum absolute atomic E-state index is 10.7. The third kappa shape index (κ3) is 17.5. The third-order valence-corrected chi connectivity index (χ3v) is 8.12. The van der Waals surface area contributed by atoms with Crippen molar-refractivity contribution in [2.45, 2.75) is 115 Å². The normalized spacial score (nSPS) is 11.7. The van der Waals surface area contributed by atoms with Gasteiger partial charge < -0.3 is 4.74 Å². The summed E-state index contributed by atoms with van der Waals surface area (Å²) in [7, 11) is -5.84. The summed E-state index contributed by atoms with van der Waals surface area (Å²) in [5.74, 6) is 0.987. The summed E-state index contributed by atoms with van der Waals surface area (Å²) < 4.78 is 64.8. The van der Waals surface area contributed by atoms with Gasteiger partial charge in [-0.25, -0.2) is 0 Å². The molecule has 0 aliphatic heterocycles. The van der Waals surface area contributed by atoms with Crippen LogP contribution in [0.2, 0.25) is 0 Å². The average Bonchev–Trinajstić information content (AvgIpc) is 2.90. The molecule has 0 amide bonds. The first-order chi connectivity index (χ1) is 19.1. The molecule has 2 aromatic carbocycles. The van der Waals surface area contributed by atoms with Crippen molar-refractivity contribution in [2.75, 3.05) is 6.61 Å². The van der Waals surface area contributed by atoms with Crippen LogP contribution in [0.4, 0.5) is 13.2 Å². The van der Waals surface area contributed by atoms with Gasteiger partial charge in [-0.1, -0.05) is 134 Å². The lowest BCUT2D eigenvalue weighted by atomic mass is 10.0. The van der Waals surface area contributed by atoms with Crippen LogP contribution in [0.3, 0.4) is 0 Å². The highest BCUT2D eigenvalue weighted by Gasteiger charge is 2.44. The zero-order valence-corrected chi connectivity index (χ0v) is 26.7.